The van der Waals surface area contributed by atoms with E-state index in [0.29, 0.717) is 5.54 Å². The van der Waals surface area contributed by atoms with Crippen molar-refractivity contribution >= 4 is 0 Å². The number of rotatable bonds is 2. The maximum atomic E-state index is 13.3. The van der Waals surface area contributed by atoms with Crippen molar-refractivity contribution in [2.75, 3.05) is 19.6 Å². The molecule has 3 heteroatoms. The van der Waals surface area contributed by atoms with Crippen LogP contribution in [-0.2, 0) is 6.54 Å². The van der Waals surface area contributed by atoms with Crippen LogP contribution in [0.2, 0.25) is 0 Å². The molecule has 1 heterocycles. The van der Waals surface area contributed by atoms with Gasteiger partial charge in [0.2, 0.25) is 0 Å². The molecule has 0 atom stereocenters. The molecule has 1 N–H and O–H groups in total. The highest BCUT2D eigenvalue weighted by Crippen LogP contribution is 2.32. The molecule has 0 amide bonds. The Morgan fingerprint density at radius 3 is 2.84 bits per heavy atom. The fourth-order valence-corrected chi connectivity index (χ4v) is 3.63. The lowest BCUT2D eigenvalue weighted by Crippen LogP contribution is -2.49. The Balaban J connectivity index is 1.69. The minimum absolute atomic E-state index is 0.124. The maximum Gasteiger partial charge on any atom is 0.123 e. The van der Waals surface area contributed by atoms with Crippen LogP contribution in [0.15, 0.2) is 24.3 Å². The lowest BCUT2D eigenvalue weighted by Gasteiger charge is -2.33. The number of benzene rings is 1. The van der Waals surface area contributed by atoms with Gasteiger partial charge in [0, 0.05) is 18.6 Å². The zero-order chi connectivity index (χ0) is 13.1. The molecule has 1 saturated carbocycles. The molecule has 1 aliphatic heterocycles. The van der Waals surface area contributed by atoms with Crippen molar-refractivity contribution in [3.05, 3.63) is 35.6 Å². The monoisotopic (exact) mass is 262 g/mol. The Kier molecular flexibility index (Phi) is 3.85. The molecule has 2 nitrogen and oxygen atoms in total. The number of hydrogen-bond donors (Lipinski definition) is 1. The van der Waals surface area contributed by atoms with Crippen LogP contribution in [0.3, 0.4) is 0 Å². The normalized spacial score (nSPS) is 23.6. The van der Waals surface area contributed by atoms with E-state index in [1.165, 1.54) is 38.2 Å². The molecule has 1 aromatic rings. The van der Waals surface area contributed by atoms with Crippen molar-refractivity contribution in [1.29, 1.82) is 0 Å². The summed E-state index contributed by atoms with van der Waals surface area (Å²) >= 11 is 0. The van der Waals surface area contributed by atoms with Crippen LogP contribution in [0.1, 0.15) is 37.7 Å². The average Bonchev–Trinajstić information content (AvgIpc) is 2.73. The predicted octanol–water partition coefficient (Wildman–Crippen LogP) is 2.93. The van der Waals surface area contributed by atoms with E-state index in [9.17, 15) is 4.39 Å². The molecule has 2 aliphatic rings. The van der Waals surface area contributed by atoms with Crippen LogP contribution in [0.4, 0.5) is 4.39 Å². The quantitative estimate of drug-likeness (QED) is 0.881. The van der Waals surface area contributed by atoms with Crippen molar-refractivity contribution in [3.63, 3.8) is 0 Å². The summed E-state index contributed by atoms with van der Waals surface area (Å²) in [5, 5.41) is 3.77. The van der Waals surface area contributed by atoms with E-state index in [2.05, 4.69) is 10.2 Å². The highest BCUT2D eigenvalue weighted by Gasteiger charge is 2.36. The molecule has 1 aromatic carbocycles. The van der Waals surface area contributed by atoms with E-state index in [-0.39, 0.29) is 5.82 Å². The van der Waals surface area contributed by atoms with Crippen molar-refractivity contribution in [1.82, 2.24) is 10.2 Å². The minimum atomic E-state index is -0.124. The topological polar surface area (TPSA) is 15.3 Å². The lowest BCUT2D eigenvalue weighted by atomic mass is 9.97. The van der Waals surface area contributed by atoms with E-state index in [4.69, 9.17) is 0 Å². The van der Waals surface area contributed by atoms with Crippen LogP contribution < -0.4 is 5.32 Å². The first-order valence-electron chi connectivity index (χ1n) is 7.48. The molecule has 0 unspecified atom stereocenters. The number of hydrogen-bond acceptors (Lipinski definition) is 2. The summed E-state index contributed by atoms with van der Waals surface area (Å²) in [6.45, 7) is 4.23. The fraction of sp³-hybridized carbons (Fsp3) is 0.625. The third kappa shape index (κ3) is 3.15. The summed E-state index contributed by atoms with van der Waals surface area (Å²) in [5.41, 5.74) is 1.43. The summed E-state index contributed by atoms with van der Waals surface area (Å²) < 4.78 is 13.3. The smallest absolute Gasteiger partial charge is 0.123 e. The van der Waals surface area contributed by atoms with Crippen LogP contribution in [-0.4, -0.2) is 30.1 Å². The Hall–Kier alpha value is -0.930. The third-order valence-electron chi connectivity index (χ3n) is 4.53. The van der Waals surface area contributed by atoms with Gasteiger partial charge in [0.05, 0.1) is 0 Å². The zero-order valence-electron chi connectivity index (χ0n) is 11.5. The summed E-state index contributed by atoms with van der Waals surface area (Å²) in [6.07, 6.45) is 6.48. The van der Waals surface area contributed by atoms with Crippen LogP contribution in [0.5, 0.6) is 0 Å². The molecule has 1 aliphatic carbocycles. The van der Waals surface area contributed by atoms with Gasteiger partial charge in [-0.15, -0.1) is 0 Å². The first-order chi connectivity index (χ1) is 9.26. The molecule has 0 radical (unpaired) electrons. The van der Waals surface area contributed by atoms with Gasteiger partial charge in [-0.05, 0) is 50.0 Å². The van der Waals surface area contributed by atoms with Gasteiger partial charge in [0.15, 0.2) is 0 Å². The zero-order valence-corrected chi connectivity index (χ0v) is 11.5. The van der Waals surface area contributed by atoms with Gasteiger partial charge in [0.25, 0.3) is 0 Å². The molecule has 2 fully saturated rings. The average molecular weight is 262 g/mol. The molecular formula is C16H23FN2. The molecule has 0 aromatic heterocycles. The highest BCUT2D eigenvalue weighted by molar-refractivity contribution is 5.16. The van der Waals surface area contributed by atoms with Gasteiger partial charge in [-0.1, -0.05) is 25.0 Å². The Morgan fingerprint density at radius 1 is 1.21 bits per heavy atom. The second kappa shape index (κ2) is 5.59. The van der Waals surface area contributed by atoms with Gasteiger partial charge < -0.3 is 5.32 Å². The largest absolute Gasteiger partial charge is 0.310 e. The second-order valence-corrected chi connectivity index (χ2v) is 6.11. The Morgan fingerprint density at radius 2 is 2.05 bits per heavy atom. The first kappa shape index (κ1) is 13.1. The summed E-state index contributed by atoms with van der Waals surface area (Å²) in [5.74, 6) is -0.124. The molecular weight excluding hydrogens is 239 g/mol. The molecule has 3 rings (SSSR count). The summed E-state index contributed by atoms with van der Waals surface area (Å²) in [4.78, 5) is 2.50. The molecule has 104 valence electrons. The van der Waals surface area contributed by atoms with Gasteiger partial charge in [0.1, 0.15) is 5.82 Å². The van der Waals surface area contributed by atoms with Gasteiger partial charge in [-0.2, -0.15) is 0 Å². The minimum Gasteiger partial charge on any atom is -0.310 e. The van der Waals surface area contributed by atoms with Crippen LogP contribution in [0.25, 0.3) is 0 Å². The standard InChI is InChI=1S/C16H23FN2/c17-15-6-3-5-14(11-15)12-19-10-4-9-18-16(13-19)7-1-2-8-16/h3,5-6,11,18H,1-2,4,7-10,12-13H2. The molecule has 1 saturated heterocycles. The Bertz CT molecular complexity index is 427. The lowest BCUT2D eigenvalue weighted by molar-refractivity contribution is 0.203. The molecule has 0 bridgehead atoms. The molecule has 19 heavy (non-hydrogen) atoms. The molecule has 1 spiro atoms. The second-order valence-electron chi connectivity index (χ2n) is 6.11. The number of nitrogens with one attached hydrogen (secondary N) is 1. The van der Waals surface area contributed by atoms with E-state index >= 15 is 0 Å². The van der Waals surface area contributed by atoms with Crippen molar-refractivity contribution in [3.8, 4) is 0 Å². The Labute approximate surface area is 115 Å². The maximum absolute atomic E-state index is 13.3. The van der Waals surface area contributed by atoms with Crippen molar-refractivity contribution < 1.29 is 4.39 Å². The first-order valence-corrected chi connectivity index (χ1v) is 7.48. The van der Waals surface area contributed by atoms with E-state index in [0.717, 1.165) is 31.7 Å². The SMILES string of the molecule is Fc1cccc(CN2CCCNC3(CCCC3)C2)c1. The number of halogens is 1. The number of nitrogens with zero attached hydrogens (tertiary/aromatic N) is 1. The van der Waals surface area contributed by atoms with E-state index < -0.39 is 0 Å². The predicted molar refractivity (Wildman–Crippen MR) is 75.5 cm³/mol. The summed E-state index contributed by atoms with van der Waals surface area (Å²) in [7, 11) is 0. The van der Waals surface area contributed by atoms with E-state index in [1.807, 2.05) is 12.1 Å². The highest BCUT2D eigenvalue weighted by atomic mass is 19.1. The van der Waals surface area contributed by atoms with Crippen LogP contribution in [0, 0.1) is 5.82 Å². The van der Waals surface area contributed by atoms with Gasteiger partial charge in [-0.3, -0.25) is 4.90 Å². The van der Waals surface area contributed by atoms with Crippen molar-refractivity contribution in [2.24, 2.45) is 0 Å². The van der Waals surface area contributed by atoms with E-state index in [1.54, 1.807) is 6.07 Å². The van der Waals surface area contributed by atoms with Gasteiger partial charge in [-0.25, -0.2) is 4.39 Å². The van der Waals surface area contributed by atoms with Gasteiger partial charge >= 0.3 is 0 Å². The fourth-order valence-electron chi connectivity index (χ4n) is 3.63. The summed E-state index contributed by atoms with van der Waals surface area (Å²) in [6, 6.07) is 7.03. The van der Waals surface area contributed by atoms with Crippen LogP contribution >= 0.6 is 0 Å². The third-order valence-corrected chi connectivity index (χ3v) is 4.53. The van der Waals surface area contributed by atoms with Crippen molar-refractivity contribution in [2.45, 2.75) is 44.2 Å².